The first-order chi connectivity index (χ1) is 9.93. The van der Waals surface area contributed by atoms with Gasteiger partial charge in [-0.2, -0.15) is 0 Å². The molecule has 0 spiro atoms. The Morgan fingerprint density at radius 1 is 1.48 bits per heavy atom. The fourth-order valence-corrected chi connectivity index (χ4v) is 2.73. The van der Waals surface area contributed by atoms with Gasteiger partial charge in [0.1, 0.15) is 5.69 Å². The number of anilines is 1. The van der Waals surface area contributed by atoms with Crippen molar-refractivity contribution < 1.29 is 9.72 Å². The van der Waals surface area contributed by atoms with E-state index < -0.39 is 4.92 Å². The van der Waals surface area contributed by atoms with Gasteiger partial charge in [0.15, 0.2) is 0 Å². The number of nitro benzene ring substituents is 1. The molecule has 0 aromatic heterocycles. The predicted molar refractivity (Wildman–Crippen MR) is 81.5 cm³/mol. The summed E-state index contributed by atoms with van der Waals surface area (Å²) in [5.74, 6) is 1.05. The molecule has 0 aliphatic carbocycles. The molecular weight excluding hydrogens is 270 g/mol. The number of benzene rings is 1. The molecule has 1 unspecified atom stereocenters. The molecule has 114 valence electrons. The lowest BCUT2D eigenvalue weighted by Crippen LogP contribution is -2.29. The van der Waals surface area contributed by atoms with Gasteiger partial charge in [0.25, 0.3) is 11.6 Å². The lowest BCUT2D eigenvalue weighted by atomic mass is 9.95. The monoisotopic (exact) mass is 291 g/mol. The van der Waals surface area contributed by atoms with E-state index >= 15 is 0 Å². The van der Waals surface area contributed by atoms with E-state index in [0.717, 1.165) is 19.5 Å². The summed E-state index contributed by atoms with van der Waals surface area (Å²) in [5, 5.41) is 13.7. The van der Waals surface area contributed by atoms with Gasteiger partial charge in [0, 0.05) is 31.8 Å². The van der Waals surface area contributed by atoms with Crippen molar-refractivity contribution in [3.05, 3.63) is 33.9 Å². The number of amides is 1. The van der Waals surface area contributed by atoms with Gasteiger partial charge in [-0.05, 0) is 30.4 Å². The van der Waals surface area contributed by atoms with E-state index in [0.29, 0.717) is 23.1 Å². The number of carbonyl (C=O) groups excluding carboxylic acids is 1. The number of rotatable bonds is 4. The summed E-state index contributed by atoms with van der Waals surface area (Å²) in [6.45, 7) is 5.86. The molecule has 1 aliphatic heterocycles. The van der Waals surface area contributed by atoms with Crippen LogP contribution in [0.3, 0.4) is 0 Å². The lowest BCUT2D eigenvalue weighted by molar-refractivity contribution is -0.383. The van der Waals surface area contributed by atoms with Gasteiger partial charge >= 0.3 is 0 Å². The van der Waals surface area contributed by atoms with Gasteiger partial charge in [0.05, 0.1) is 4.92 Å². The maximum Gasteiger partial charge on any atom is 0.292 e. The van der Waals surface area contributed by atoms with E-state index in [4.69, 9.17) is 0 Å². The maximum absolute atomic E-state index is 12.5. The largest absolute Gasteiger partial charge is 0.383 e. The second kappa shape index (κ2) is 6.11. The van der Waals surface area contributed by atoms with Crippen molar-refractivity contribution in [3.8, 4) is 0 Å². The van der Waals surface area contributed by atoms with Gasteiger partial charge in [-0.15, -0.1) is 0 Å². The van der Waals surface area contributed by atoms with E-state index in [9.17, 15) is 14.9 Å². The number of hydrogen-bond donors (Lipinski definition) is 1. The van der Waals surface area contributed by atoms with Crippen molar-refractivity contribution in [1.29, 1.82) is 0 Å². The first kappa shape index (κ1) is 15.3. The fourth-order valence-electron chi connectivity index (χ4n) is 2.73. The van der Waals surface area contributed by atoms with Gasteiger partial charge < -0.3 is 10.2 Å². The number of nitrogens with zero attached hydrogens (tertiary/aromatic N) is 2. The number of likely N-dealkylation sites (tertiary alicyclic amines) is 1. The Balaban J connectivity index is 2.19. The second-order valence-electron chi connectivity index (χ2n) is 5.78. The highest BCUT2D eigenvalue weighted by Crippen LogP contribution is 2.28. The van der Waals surface area contributed by atoms with Crippen LogP contribution in [-0.2, 0) is 0 Å². The topological polar surface area (TPSA) is 75.5 Å². The molecule has 2 rings (SSSR count). The van der Waals surface area contributed by atoms with Crippen molar-refractivity contribution in [3.63, 3.8) is 0 Å². The van der Waals surface area contributed by atoms with Crippen LogP contribution in [0.4, 0.5) is 11.4 Å². The normalized spacial score (nSPS) is 18.1. The average molecular weight is 291 g/mol. The zero-order valence-electron chi connectivity index (χ0n) is 12.6. The quantitative estimate of drug-likeness (QED) is 0.683. The third-order valence-electron chi connectivity index (χ3n) is 4.16. The minimum absolute atomic E-state index is 0.0180. The van der Waals surface area contributed by atoms with Crippen LogP contribution in [0.1, 0.15) is 30.6 Å². The van der Waals surface area contributed by atoms with Crippen molar-refractivity contribution in [2.75, 3.05) is 25.5 Å². The molecule has 21 heavy (non-hydrogen) atoms. The third-order valence-corrected chi connectivity index (χ3v) is 4.16. The summed E-state index contributed by atoms with van der Waals surface area (Å²) < 4.78 is 0. The van der Waals surface area contributed by atoms with Crippen LogP contribution in [0.25, 0.3) is 0 Å². The standard InChI is InChI=1S/C15H21N3O3/c1-10(2)12-6-7-17(9-12)15(19)11-4-5-14(18(20)21)13(8-11)16-3/h4-5,8,10,12,16H,6-7,9H2,1-3H3. The summed E-state index contributed by atoms with van der Waals surface area (Å²) in [7, 11) is 1.61. The Hall–Kier alpha value is -2.11. The Labute approximate surface area is 124 Å². The molecule has 0 saturated carbocycles. The van der Waals surface area contributed by atoms with Gasteiger partial charge in [-0.1, -0.05) is 13.8 Å². The Morgan fingerprint density at radius 2 is 2.19 bits per heavy atom. The summed E-state index contributed by atoms with van der Waals surface area (Å²) >= 11 is 0. The molecule has 1 aromatic carbocycles. The molecule has 1 amide bonds. The van der Waals surface area contributed by atoms with Crippen LogP contribution in [0.2, 0.25) is 0 Å². The number of nitro groups is 1. The van der Waals surface area contributed by atoms with E-state index in [-0.39, 0.29) is 11.6 Å². The summed E-state index contributed by atoms with van der Waals surface area (Å²) in [6, 6.07) is 4.47. The van der Waals surface area contributed by atoms with E-state index in [1.54, 1.807) is 13.1 Å². The molecule has 1 N–H and O–H groups in total. The van der Waals surface area contributed by atoms with Crippen LogP contribution >= 0.6 is 0 Å². The zero-order chi connectivity index (χ0) is 15.6. The molecule has 0 bridgehead atoms. The van der Waals surface area contributed by atoms with E-state index in [1.165, 1.54) is 12.1 Å². The molecule has 1 aliphatic rings. The van der Waals surface area contributed by atoms with Crippen molar-refractivity contribution in [1.82, 2.24) is 4.90 Å². The summed E-state index contributed by atoms with van der Waals surface area (Å²) in [6.07, 6.45) is 1.02. The number of carbonyl (C=O) groups is 1. The number of nitrogens with one attached hydrogen (secondary N) is 1. The fraction of sp³-hybridized carbons (Fsp3) is 0.533. The first-order valence-electron chi connectivity index (χ1n) is 7.19. The second-order valence-corrected chi connectivity index (χ2v) is 5.78. The average Bonchev–Trinajstić information content (AvgIpc) is 2.95. The smallest absolute Gasteiger partial charge is 0.292 e. The van der Waals surface area contributed by atoms with E-state index in [2.05, 4.69) is 19.2 Å². The van der Waals surface area contributed by atoms with Crippen LogP contribution in [0.5, 0.6) is 0 Å². The molecule has 1 saturated heterocycles. The van der Waals surface area contributed by atoms with Crippen molar-refractivity contribution >= 4 is 17.3 Å². The highest BCUT2D eigenvalue weighted by atomic mass is 16.6. The third kappa shape index (κ3) is 3.15. The van der Waals surface area contributed by atoms with Gasteiger partial charge in [-0.3, -0.25) is 14.9 Å². The molecule has 6 nitrogen and oxygen atoms in total. The lowest BCUT2D eigenvalue weighted by Gasteiger charge is -2.18. The van der Waals surface area contributed by atoms with E-state index in [1.807, 2.05) is 4.90 Å². The SMILES string of the molecule is CNc1cc(C(=O)N2CCC(C(C)C)C2)ccc1[N+](=O)[O-]. The minimum Gasteiger partial charge on any atom is -0.383 e. The van der Waals surface area contributed by atoms with Gasteiger partial charge in [-0.25, -0.2) is 0 Å². The Morgan fingerprint density at radius 3 is 2.71 bits per heavy atom. The van der Waals surface area contributed by atoms with Crippen LogP contribution in [0, 0.1) is 22.0 Å². The minimum atomic E-state index is -0.454. The first-order valence-corrected chi connectivity index (χ1v) is 7.19. The Kier molecular flexibility index (Phi) is 4.45. The highest BCUT2D eigenvalue weighted by Gasteiger charge is 2.29. The highest BCUT2D eigenvalue weighted by molar-refractivity contribution is 5.96. The summed E-state index contributed by atoms with van der Waals surface area (Å²) in [4.78, 5) is 24.8. The van der Waals surface area contributed by atoms with Crippen molar-refractivity contribution in [2.45, 2.75) is 20.3 Å². The van der Waals surface area contributed by atoms with Crippen LogP contribution < -0.4 is 5.32 Å². The molecule has 1 heterocycles. The predicted octanol–water partition coefficient (Wildman–Crippen LogP) is 2.75. The molecule has 1 fully saturated rings. The van der Waals surface area contributed by atoms with Crippen molar-refractivity contribution in [2.24, 2.45) is 11.8 Å². The zero-order valence-corrected chi connectivity index (χ0v) is 12.6. The molecule has 1 aromatic rings. The van der Waals surface area contributed by atoms with Crippen LogP contribution in [-0.4, -0.2) is 35.9 Å². The van der Waals surface area contributed by atoms with Gasteiger partial charge in [0.2, 0.25) is 0 Å². The maximum atomic E-state index is 12.5. The molecular formula is C15H21N3O3. The number of hydrogen-bond acceptors (Lipinski definition) is 4. The molecule has 0 radical (unpaired) electrons. The van der Waals surface area contributed by atoms with Crippen LogP contribution in [0.15, 0.2) is 18.2 Å². The summed E-state index contributed by atoms with van der Waals surface area (Å²) in [5.41, 5.74) is 0.843. The Bertz CT molecular complexity index is 557. The molecule has 1 atom stereocenters. The molecule has 6 heteroatoms.